The van der Waals surface area contributed by atoms with E-state index < -0.39 is 0 Å². The Morgan fingerprint density at radius 1 is 1.03 bits per heavy atom. The fraction of sp³-hybridized carbons (Fsp3) is 0.571. The topological polar surface area (TPSA) is 86.3 Å². The van der Waals surface area contributed by atoms with Crippen molar-refractivity contribution in [2.75, 3.05) is 59.0 Å². The summed E-state index contributed by atoms with van der Waals surface area (Å²) in [4.78, 5) is 33.0. The van der Waals surface area contributed by atoms with Crippen LogP contribution < -0.4 is 10.6 Å². The van der Waals surface area contributed by atoms with Gasteiger partial charge in [-0.3, -0.25) is 24.4 Å². The number of morpholine rings is 1. The first-order valence-electron chi connectivity index (χ1n) is 10.5. The molecule has 2 heterocycles. The maximum atomic E-state index is 12.4. The van der Waals surface area contributed by atoms with Gasteiger partial charge in [0.2, 0.25) is 0 Å². The minimum absolute atomic E-state index is 0.188. The lowest BCUT2D eigenvalue weighted by Crippen LogP contribution is -2.44. The molecule has 8 heteroatoms. The summed E-state index contributed by atoms with van der Waals surface area (Å²) in [5.74, 6) is 0.431. The molecule has 2 aliphatic heterocycles. The Morgan fingerprint density at radius 3 is 2.38 bits per heavy atom. The molecular formula is C21H31N5O3. The van der Waals surface area contributed by atoms with Gasteiger partial charge < -0.3 is 15.4 Å². The molecule has 1 fully saturated rings. The molecule has 2 amide bonds. The molecule has 1 aromatic rings. The van der Waals surface area contributed by atoms with Crippen LogP contribution in [0, 0.1) is 0 Å². The number of amides is 2. The van der Waals surface area contributed by atoms with Crippen LogP contribution in [0.4, 0.5) is 0 Å². The summed E-state index contributed by atoms with van der Waals surface area (Å²) < 4.78 is 5.37. The molecule has 158 valence electrons. The van der Waals surface area contributed by atoms with Crippen molar-refractivity contribution in [1.29, 1.82) is 0 Å². The van der Waals surface area contributed by atoms with Gasteiger partial charge in [0.15, 0.2) is 5.96 Å². The molecule has 3 rings (SSSR count). The molecule has 8 nitrogen and oxygen atoms in total. The minimum atomic E-state index is -0.188. The second-order valence-corrected chi connectivity index (χ2v) is 7.16. The fourth-order valence-electron chi connectivity index (χ4n) is 3.51. The van der Waals surface area contributed by atoms with Crippen molar-refractivity contribution < 1.29 is 14.3 Å². The van der Waals surface area contributed by atoms with Crippen molar-refractivity contribution in [2.24, 2.45) is 4.99 Å². The Kier molecular flexibility index (Phi) is 8.01. The third-order valence-electron chi connectivity index (χ3n) is 5.11. The predicted octanol–water partition coefficient (Wildman–Crippen LogP) is 0.950. The van der Waals surface area contributed by atoms with Crippen LogP contribution in [0.2, 0.25) is 0 Å². The Balaban J connectivity index is 1.37. The average Bonchev–Trinajstić information content (AvgIpc) is 2.99. The lowest BCUT2D eigenvalue weighted by atomic mass is 10.1. The molecule has 2 aliphatic rings. The van der Waals surface area contributed by atoms with Crippen LogP contribution in [-0.4, -0.2) is 86.6 Å². The third-order valence-corrected chi connectivity index (χ3v) is 5.11. The molecule has 0 aliphatic carbocycles. The highest BCUT2D eigenvalue weighted by atomic mass is 16.5. The van der Waals surface area contributed by atoms with Crippen molar-refractivity contribution in [1.82, 2.24) is 20.4 Å². The Labute approximate surface area is 172 Å². The smallest absolute Gasteiger partial charge is 0.261 e. The van der Waals surface area contributed by atoms with Crippen molar-refractivity contribution in [2.45, 2.75) is 19.8 Å². The van der Waals surface area contributed by atoms with E-state index in [0.29, 0.717) is 24.2 Å². The number of hydrogen-bond acceptors (Lipinski definition) is 5. The van der Waals surface area contributed by atoms with Crippen LogP contribution in [0.3, 0.4) is 0 Å². The van der Waals surface area contributed by atoms with Crippen LogP contribution in [0.25, 0.3) is 0 Å². The number of aliphatic imine (C=N–C) groups is 1. The van der Waals surface area contributed by atoms with Gasteiger partial charge in [-0.25, -0.2) is 0 Å². The molecule has 0 unspecified atom stereocenters. The fourth-order valence-corrected chi connectivity index (χ4v) is 3.51. The number of nitrogens with zero attached hydrogens (tertiary/aromatic N) is 3. The summed E-state index contributed by atoms with van der Waals surface area (Å²) in [6.45, 7) is 9.30. The highest BCUT2D eigenvalue weighted by Crippen LogP contribution is 2.22. The number of benzene rings is 1. The lowest BCUT2D eigenvalue weighted by molar-refractivity contribution is 0.0389. The first-order valence-corrected chi connectivity index (χ1v) is 10.5. The molecular weight excluding hydrogens is 370 g/mol. The standard InChI is InChI=1S/C21H31N5O3/c1-2-22-21(24-10-12-25-13-15-29-16-14-25)23-9-5-6-11-26-19(27)17-7-3-4-8-18(17)20(26)28/h3-4,7-8H,2,5-6,9-16H2,1H3,(H2,22,23,24). The van der Waals surface area contributed by atoms with Crippen molar-refractivity contribution in [3.05, 3.63) is 35.4 Å². The van der Waals surface area contributed by atoms with E-state index in [0.717, 1.165) is 64.7 Å². The third kappa shape index (κ3) is 5.77. The highest BCUT2D eigenvalue weighted by Gasteiger charge is 2.34. The number of imide groups is 1. The van der Waals surface area contributed by atoms with Gasteiger partial charge in [0.25, 0.3) is 11.8 Å². The number of unbranched alkanes of at least 4 members (excludes halogenated alkanes) is 1. The maximum absolute atomic E-state index is 12.4. The van der Waals surface area contributed by atoms with Gasteiger partial charge in [-0.2, -0.15) is 0 Å². The second kappa shape index (κ2) is 10.9. The summed E-state index contributed by atoms with van der Waals surface area (Å²) in [7, 11) is 0. The largest absolute Gasteiger partial charge is 0.379 e. The predicted molar refractivity (Wildman–Crippen MR) is 112 cm³/mol. The zero-order valence-corrected chi connectivity index (χ0v) is 17.2. The van der Waals surface area contributed by atoms with Gasteiger partial charge in [-0.1, -0.05) is 12.1 Å². The molecule has 0 bridgehead atoms. The van der Waals surface area contributed by atoms with Crippen LogP contribution >= 0.6 is 0 Å². The summed E-state index contributed by atoms with van der Waals surface area (Å²) in [5, 5.41) is 6.62. The molecule has 1 aromatic carbocycles. The molecule has 0 atom stereocenters. The number of guanidine groups is 1. The Bertz CT molecular complexity index is 696. The molecule has 0 radical (unpaired) electrons. The number of ether oxygens (including phenoxy) is 1. The maximum Gasteiger partial charge on any atom is 0.261 e. The summed E-state index contributed by atoms with van der Waals surface area (Å²) >= 11 is 0. The van der Waals surface area contributed by atoms with Crippen LogP contribution in [-0.2, 0) is 4.74 Å². The van der Waals surface area contributed by atoms with Gasteiger partial charge in [0, 0.05) is 45.8 Å². The zero-order valence-electron chi connectivity index (χ0n) is 17.2. The summed E-state index contributed by atoms with van der Waals surface area (Å²) in [6, 6.07) is 7.00. The normalized spacial score (nSPS) is 17.6. The van der Waals surface area contributed by atoms with Gasteiger partial charge in [0.05, 0.1) is 24.3 Å². The zero-order chi connectivity index (χ0) is 20.5. The van der Waals surface area contributed by atoms with Gasteiger partial charge >= 0.3 is 0 Å². The number of rotatable bonds is 9. The second-order valence-electron chi connectivity index (χ2n) is 7.16. The van der Waals surface area contributed by atoms with Crippen molar-refractivity contribution >= 4 is 17.8 Å². The molecule has 2 N–H and O–H groups in total. The van der Waals surface area contributed by atoms with E-state index in [1.165, 1.54) is 4.90 Å². The number of carbonyl (C=O) groups is 2. The molecule has 1 saturated heterocycles. The van der Waals surface area contributed by atoms with Crippen molar-refractivity contribution in [3.8, 4) is 0 Å². The van der Waals surface area contributed by atoms with Crippen LogP contribution in [0.5, 0.6) is 0 Å². The van der Waals surface area contributed by atoms with E-state index in [9.17, 15) is 9.59 Å². The number of hydrogen-bond donors (Lipinski definition) is 2. The SMILES string of the molecule is CCNC(=NCCCCN1C(=O)c2ccccc2C1=O)NCCN1CCOCC1. The molecule has 0 spiro atoms. The minimum Gasteiger partial charge on any atom is -0.379 e. The summed E-state index contributed by atoms with van der Waals surface area (Å²) in [5.41, 5.74) is 1.02. The summed E-state index contributed by atoms with van der Waals surface area (Å²) in [6.07, 6.45) is 1.55. The van der Waals surface area contributed by atoms with E-state index in [4.69, 9.17) is 4.74 Å². The van der Waals surface area contributed by atoms with E-state index in [1.807, 2.05) is 6.92 Å². The number of nitrogens with one attached hydrogen (secondary N) is 2. The van der Waals surface area contributed by atoms with E-state index in [2.05, 4.69) is 20.5 Å². The van der Waals surface area contributed by atoms with E-state index in [1.54, 1.807) is 24.3 Å². The molecule has 0 aromatic heterocycles. The first kappa shape index (κ1) is 21.3. The molecule has 0 saturated carbocycles. The van der Waals surface area contributed by atoms with Gasteiger partial charge in [0.1, 0.15) is 0 Å². The Morgan fingerprint density at radius 2 is 1.72 bits per heavy atom. The first-order chi connectivity index (χ1) is 14.2. The lowest BCUT2D eigenvalue weighted by Gasteiger charge is -2.26. The highest BCUT2D eigenvalue weighted by molar-refractivity contribution is 6.21. The number of fused-ring (bicyclic) bond motifs is 1. The quantitative estimate of drug-likeness (QED) is 0.277. The van der Waals surface area contributed by atoms with Crippen molar-refractivity contribution in [3.63, 3.8) is 0 Å². The molecule has 29 heavy (non-hydrogen) atoms. The monoisotopic (exact) mass is 401 g/mol. The number of carbonyl (C=O) groups excluding carboxylic acids is 2. The van der Waals surface area contributed by atoms with Crippen LogP contribution in [0.15, 0.2) is 29.3 Å². The Hall–Kier alpha value is -2.45. The van der Waals surface area contributed by atoms with E-state index >= 15 is 0 Å². The van der Waals surface area contributed by atoms with Gasteiger partial charge in [-0.05, 0) is 31.9 Å². The van der Waals surface area contributed by atoms with Crippen LogP contribution in [0.1, 0.15) is 40.5 Å². The van der Waals surface area contributed by atoms with Gasteiger partial charge in [-0.15, -0.1) is 0 Å². The average molecular weight is 402 g/mol. The van der Waals surface area contributed by atoms with E-state index in [-0.39, 0.29) is 11.8 Å².